The predicted molar refractivity (Wildman–Crippen MR) is 145 cm³/mol. The first-order valence-electron chi connectivity index (χ1n) is 13.5. The third-order valence-electron chi connectivity index (χ3n) is 7.78. The SMILES string of the molecule is CCCCN(C(=O)CN1C[C@H](c2ccc3c(c2)OCO3)C(C(=O)O)[C@@H]1CCc1nccn1C)c1cccnc1. The summed E-state index contributed by atoms with van der Waals surface area (Å²) >= 11 is 0. The van der Waals surface area contributed by atoms with Crippen LogP contribution in [0, 0.1) is 5.92 Å². The minimum atomic E-state index is -0.868. The molecule has 1 N–H and O–H groups in total. The molecule has 1 amide bonds. The molecule has 2 aliphatic rings. The molecular formula is C29H35N5O5. The van der Waals surface area contributed by atoms with Crippen molar-refractivity contribution in [3.63, 3.8) is 0 Å². The summed E-state index contributed by atoms with van der Waals surface area (Å²) in [6.07, 6.45) is 10.0. The summed E-state index contributed by atoms with van der Waals surface area (Å²) in [6.45, 7) is 3.39. The maximum Gasteiger partial charge on any atom is 0.308 e. The number of benzene rings is 1. The molecule has 4 heterocycles. The van der Waals surface area contributed by atoms with Gasteiger partial charge >= 0.3 is 5.97 Å². The number of imidazole rings is 1. The Kier molecular flexibility index (Phi) is 8.11. The molecule has 10 nitrogen and oxygen atoms in total. The number of carbonyl (C=O) groups excluding carboxylic acids is 1. The molecule has 2 aromatic heterocycles. The van der Waals surface area contributed by atoms with Gasteiger partial charge in [-0.3, -0.25) is 19.5 Å². The van der Waals surface area contributed by atoms with E-state index in [9.17, 15) is 14.7 Å². The van der Waals surface area contributed by atoms with Gasteiger partial charge in [-0.25, -0.2) is 4.98 Å². The lowest BCUT2D eigenvalue weighted by atomic mass is 9.83. The number of aliphatic carboxylic acids is 1. The molecule has 0 saturated carbocycles. The lowest BCUT2D eigenvalue weighted by Gasteiger charge is -2.29. The van der Waals surface area contributed by atoms with Crippen LogP contribution in [0.3, 0.4) is 0 Å². The van der Waals surface area contributed by atoms with E-state index in [1.807, 2.05) is 48.1 Å². The molecule has 0 spiro atoms. The number of carboxylic acids is 1. The van der Waals surface area contributed by atoms with Crippen LogP contribution in [0.5, 0.6) is 11.5 Å². The van der Waals surface area contributed by atoms with Crippen LogP contribution in [0.25, 0.3) is 0 Å². The van der Waals surface area contributed by atoms with Crippen LogP contribution in [0.1, 0.15) is 43.5 Å². The number of carbonyl (C=O) groups is 2. The third kappa shape index (κ3) is 5.75. The van der Waals surface area contributed by atoms with E-state index in [1.54, 1.807) is 23.5 Å². The number of amides is 1. The molecule has 39 heavy (non-hydrogen) atoms. The Hall–Kier alpha value is -3.92. The zero-order valence-corrected chi connectivity index (χ0v) is 22.4. The van der Waals surface area contributed by atoms with Gasteiger partial charge in [0, 0.05) is 57.1 Å². The number of rotatable bonds is 11. The van der Waals surface area contributed by atoms with Crippen molar-refractivity contribution in [3.8, 4) is 11.5 Å². The first kappa shape index (κ1) is 26.7. The second-order valence-electron chi connectivity index (χ2n) is 10.2. The fourth-order valence-electron chi connectivity index (χ4n) is 5.73. The van der Waals surface area contributed by atoms with E-state index < -0.39 is 11.9 Å². The molecular weight excluding hydrogens is 498 g/mol. The summed E-state index contributed by atoms with van der Waals surface area (Å²) in [4.78, 5) is 39.0. The zero-order chi connectivity index (χ0) is 27.4. The van der Waals surface area contributed by atoms with Crippen LogP contribution < -0.4 is 14.4 Å². The number of nitrogens with zero attached hydrogens (tertiary/aromatic N) is 5. The van der Waals surface area contributed by atoms with E-state index in [4.69, 9.17) is 9.47 Å². The first-order chi connectivity index (χ1) is 19.0. The monoisotopic (exact) mass is 533 g/mol. The van der Waals surface area contributed by atoms with Gasteiger partial charge in [-0.1, -0.05) is 19.4 Å². The second-order valence-corrected chi connectivity index (χ2v) is 10.2. The Balaban J connectivity index is 1.44. The summed E-state index contributed by atoms with van der Waals surface area (Å²) in [6, 6.07) is 9.00. The second kappa shape index (κ2) is 11.9. The number of carboxylic acid groups (broad SMARTS) is 1. The molecule has 1 unspecified atom stereocenters. The van der Waals surface area contributed by atoms with Crippen LogP contribution in [0.4, 0.5) is 5.69 Å². The molecule has 206 valence electrons. The van der Waals surface area contributed by atoms with Gasteiger partial charge in [0.05, 0.1) is 24.3 Å². The number of pyridine rings is 1. The van der Waals surface area contributed by atoms with Crippen molar-refractivity contribution >= 4 is 17.6 Å². The van der Waals surface area contributed by atoms with Crippen LogP contribution in [0.15, 0.2) is 55.1 Å². The molecule has 10 heteroatoms. The minimum Gasteiger partial charge on any atom is -0.481 e. The van der Waals surface area contributed by atoms with Crippen LogP contribution >= 0.6 is 0 Å². The number of aryl methyl sites for hydroxylation is 2. The Morgan fingerprint density at radius 3 is 2.74 bits per heavy atom. The minimum absolute atomic E-state index is 0.0612. The molecule has 1 aromatic carbocycles. The van der Waals surface area contributed by atoms with Gasteiger partial charge in [0.15, 0.2) is 11.5 Å². The standard InChI is InChI=1S/C29H35N5O5/c1-3-4-13-34(21-6-5-11-30-16-21)27(35)18-33-17-22(20-7-9-24-25(15-20)39-19-38-24)28(29(36)37)23(33)8-10-26-31-12-14-32(26)2/h5-7,9,11-12,14-16,22-23,28H,3-4,8,10,13,17-19H2,1-2H3,(H,36,37)/t22-,23+,28?/m1/s1. The Labute approximate surface area is 228 Å². The maximum absolute atomic E-state index is 13.8. The van der Waals surface area contributed by atoms with Crippen molar-refractivity contribution in [1.29, 1.82) is 0 Å². The number of fused-ring (bicyclic) bond motifs is 1. The fraction of sp³-hybridized carbons (Fsp3) is 0.448. The zero-order valence-electron chi connectivity index (χ0n) is 22.4. The Bertz CT molecular complexity index is 1300. The number of likely N-dealkylation sites (tertiary alicyclic amines) is 1. The maximum atomic E-state index is 13.8. The quantitative estimate of drug-likeness (QED) is 0.399. The smallest absolute Gasteiger partial charge is 0.308 e. The largest absolute Gasteiger partial charge is 0.481 e. The van der Waals surface area contributed by atoms with Crippen LogP contribution in [-0.2, 0) is 23.1 Å². The van der Waals surface area contributed by atoms with Gasteiger partial charge < -0.3 is 24.0 Å². The molecule has 3 aromatic rings. The van der Waals surface area contributed by atoms with Gasteiger partial charge in [-0.05, 0) is 42.7 Å². The lowest BCUT2D eigenvalue weighted by Crippen LogP contribution is -2.44. The van der Waals surface area contributed by atoms with Crippen LogP contribution in [0.2, 0.25) is 0 Å². The first-order valence-corrected chi connectivity index (χ1v) is 13.5. The normalized spacial score (nSPS) is 20.3. The third-order valence-corrected chi connectivity index (χ3v) is 7.78. The summed E-state index contributed by atoms with van der Waals surface area (Å²) in [5.74, 6) is 0.237. The molecule has 0 bridgehead atoms. The highest BCUT2D eigenvalue weighted by Gasteiger charge is 2.47. The number of unbranched alkanes of at least 4 members (excludes halogenated alkanes) is 1. The highest BCUT2D eigenvalue weighted by Crippen LogP contribution is 2.43. The summed E-state index contributed by atoms with van der Waals surface area (Å²) < 4.78 is 13.0. The van der Waals surface area contributed by atoms with Gasteiger partial charge in [0.2, 0.25) is 12.7 Å². The summed E-state index contributed by atoms with van der Waals surface area (Å²) in [5, 5.41) is 10.5. The average Bonchev–Trinajstić information content (AvgIpc) is 3.66. The van der Waals surface area contributed by atoms with Crippen molar-refractivity contribution in [2.45, 2.75) is 44.6 Å². The average molecular weight is 534 g/mol. The van der Waals surface area contributed by atoms with Gasteiger partial charge in [-0.2, -0.15) is 0 Å². The number of aromatic nitrogens is 3. The summed E-state index contributed by atoms with van der Waals surface area (Å²) in [5.41, 5.74) is 1.63. The highest BCUT2D eigenvalue weighted by atomic mass is 16.7. The van der Waals surface area contributed by atoms with Gasteiger partial charge in [0.1, 0.15) is 5.82 Å². The van der Waals surface area contributed by atoms with Crippen molar-refractivity contribution in [2.24, 2.45) is 13.0 Å². The van der Waals surface area contributed by atoms with Crippen molar-refractivity contribution in [3.05, 3.63) is 66.5 Å². The van der Waals surface area contributed by atoms with E-state index in [2.05, 4.69) is 21.8 Å². The molecule has 2 aliphatic heterocycles. The Morgan fingerprint density at radius 2 is 2.03 bits per heavy atom. The van der Waals surface area contributed by atoms with E-state index in [1.165, 1.54) is 0 Å². The molecule has 1 fully saturated rings. The molecule has 0 radical (unpaired) electrons. The van der Waals surface area contributed by atoms with E-state index in [0.717, 1.165) is 29.9 Å². The number of ether oxygens (including phenoxy) is 2. The van der Waals surface area contributed by atoms with E-state index in [-0.39, 0.29) is 31.2 Å². The van der Waals surface area contributed by atoms with Gasteiger partial charge in [0.25, 0.3) is 0 Å². The topological polar surface area (TPSA) is 110 Å². The molecule has 0 aliphatic carbocycles. The highest BCUT2D eigenvalue weighted by molar-refractivity contribution is 5.94. The van der Waals surface area contributed by atoms with Crippen molar-refractivity contribution < 1.29 is 24.2 Å². The van der Waals surface area contributed by atoms with Crippen molar-refractivity contribution in [1.82, 2.24) is 19.4 Å². The van der Waals surface area contributed by atoms with Crippen molar-refractivity contribution in [2.75, 3.05) is 31.3 Å². The van der Waals surface area contributed by atoms with E-state index >= 15 is 0 Å². The number of hydrogen-bond acceptors (Lipinski definition) is 7. The van der Waals surface area contributed by atoms with E-state index in [0.29, 0.717) is 37.4 Å². The van der Waals surface area contributed by atoms with Crippen LogP contribution in [-0.4, -0.2) is 68.9 Å². The lowest BCUT2D eigenvalue weighted by molar-refractivity contribution is -0.143. The van der Waals surface area contributed by atoms with Gasteiger partial charge in [-0.15, -0.1) is 0 Å². The number of anilines is 1. The molecule has 3 atom stereocenters. The molecule has 5 rings (SSSR count). The summed E-state index contributed by atoms with van der Waals surface area (Å²) in [7, 11) is 1.93. The fourth-order valence-corrected chi connectivity index (χ4v) is 5.73. The Morgan fingerprint density at radius 1 is 1.18 bits per heavy atom. The molecule has 1 saturated heterocycles. The predicted octanol–water partition coefficient (Wildman–Crippen LogP) is 3.48. The number of hydrogen-bond donors (Lipinski definition) is 1.